The predicted molar refractivity (Wildman–Crippen MR) is 79.2 cm³/mol. The van der Waals surface area contributed by atoms with Crippen LogP contribution < -0.4 is 5.73 Å². The second-order valence-electron chi connectivity index (χ2n) is 5.47. The molecule has 2 unspecified atom stereocenters. The zero-order valence-corrected chi connectivity index (χ0v) is 12.4. The molecule has 2 rings (SSSR count). The van der Waals surface area contributed by atoms with Crippen molar-refractivity contribution in [3.63, 3.8) is 0 Å². The molecule has 1 heterocycles. The van der Waals surface area contributed by atoms with Crippen LogP contribution in [0.4, 0.5) is 4.39 Å². The molecule has 1 aliphatic heterocycles. The molecule has 4 heteroatoms. The molecule has 0 spiro atoms. The maximum atomic E-state index is 13.3. The van der Waals surface area contributed by atoms with Crippen molar-refractivity contribution in [2.24, 2.45) is 5.73 Å². The number of hydrogen-bond acceptors (Lipinski definition) is 3. The van der Waals surface area contributed by atoms with E-state index in [1.165, 1.54) is 6.07 Å². The first kappa shape index (κ1) is 15.4. The average molecular weight is 280 g/mol. The number of halogens is 1. The summed E-state index contributed by atoms with van der Waals surface area (Å²) in [4.78, 5) is 2.34. The van der Waals surface area contributed by atoms with Gasteiger partial charge in [0.15, 0.2) is 0 Å². The standard InChI is InChI=1S/C16H25FN2O/c1-3-19(11-14-5-4-8-20-14)16(10-18)15-7-6-13(17)9-12(15)2/h6-7,9,14,16H,3-5,8,10-11,18H2,1-2H3. The van der Waals surface area contributed by atoms with E-state index in [0.717, 1.165) is 43.7 Å². The highest BCUT2D eigenvalue weighted by atomic mass is 19.1. The molecule has 0 aliphatic carbocycles. The largest absolute Gasteiger partial charge is 0.377 e. The van der Waals surface area contributed by atoms with Crippen LogP contribution in [-0.2, 0) is 4.74 Å². The lowest BCUT2D eigenvalue weighted by molar-refractivity contribution is 0.0600. The summed E-state index contributed by atoms with van der Waals surface area (Å²) in [7, 11) is 0. The van der Waals surface area contributed by atoms with Gasteiger partial charge in [0.25, 0.3) is 0 Å². The van der Waals surface area contributed by atoms with Gasteiger partial charge in [0.1, 0.15) is 5.82 Å². The zero-order valence-electron chi connectivity index (χ0n) is 12.4. The average Bonchev–Trinajstić information content (AvgIpc) is 2.93. The van der Waals surface area contributed by atoms with E-state index in [1.54, 1.807) is 6.07 Å². The Morgan fingerprint density at radius 1 is 1.50 bits per heavy atom. The molecule has 1 fully saturated rings. The number of hydrogen-bond donors (Lipinski definition) is 1. The van der Waals surface area contributed by atoms with Crippen LogP contribution in [0.2, 0.25) is 0 Å². The molecular formula is C16H25FN2O. The lowest BCUT2D eigenvalue weighted by Gasteiger charge is -2.32. The fraction of sp³-hybridized carbons (Fsp3) is 0.625. The summed E-state index contributed by atoms with van der Waals surface area (Å²) in [5.41, 5.74) is 8.07. The highest BCUT2D eigenvalue weighted by Crippen LogP contribution is 2.25. The zero-order chi connectivity index (χ0) is 14.5. The maximum absolute atomic E-state index is 13.3. The molecule has 112 valence electrons. The Morgan fingerprint density at radius 2 is 2.30 bits per heavy atom. The number of nitrogens with two attached hydrogens (primary N) is 1. The van der Waals surface area contributed by atoms with E-state index in [-0.39, 0.29) is 11.9 Å². The molecule has 0 amide bonds. The summed E-state index contributed by atoms with van der Waals surface area (Å²) in [5.74, 6) is -0.191. The summed E-state index contributed by atoms with van der Waals surface area (Å²) in [6.45, 7) is 7.29. The van der Waals surface area contributed by atoms with Gasteiger partial charge in [-0.1, -0.05) is 13.0 Å². The first-order valence-corrected chi connectivity index (χ1v) is 7.47. The second kappa shape index (κ2) is 7.16. The fourth-order valence-corrected chi connectivity index (χ4v) is 3.01. The van der Waals surface area contributed by atoms with Crippen molar-refractivity contribution in [1.82, 2.24) is 4.90 Å². The minimum atomic E-state index is -0.191. The van der Waals surface area contributed by atoms with Crippen molar-refractivity contribution in [3.05, 3.63) is 35.1 Å². The van der Waals surface area contributed by atoms with Gasteiger partial charge in [-0.05, 0) is 49.6 Å². The fourth-order valence-electron chi connectivity index (χ4n) is 3.01. The minimum absolute atomic E-state index is 0.129. The number of aryl methyl sites for hydroxylation is 1. The van der Waals surface area contributed by atoms with E-state index < -0.39 is 0 Å². The van der Waals surface area contributed by atoms with Crippen molar-refractivity contribution >= 4 is 0 Å². The molecule has 1 saturated heterocycles. The lowest BCUT2D eigenvalue weighted by Crippen LogP contribution is -2.39. The molecule has 0 radical (unpaired) electrons. The third-order valence-electron chi connectivity index (χ3n) is 4.12. The van der Waals surface area contributed by atoms with E-state index in [1.807, 2.05) is 13.0 Å². The molecule has 0 bridgehead atoms. The van der Waals surface area contributed by atoms with Gasteiger partial charge in [0.05, 0.1) is 6.10 Å². The van der Waals surface area contributed by atoms with Gasteiger partial charge in [-0.25, -0.2) is 4.39 Å². The summed E-state index contributed by atoms with van der Waals surface area (Å²) in [6, 6.07) is 5.09. The quantitative estimate of drug-likeness (QED) is 0.870. The van der Waals surface area contributed by atoms with Gasteiger partial charge >= 0.3 is 0 Å². The molecule has 2 N–H and O–H groups in total. The summed E-state index contributed by atoms with van der Waals surface area (Å²) < 4.78 is 19.0. The summed E-state index contributed by atoms with van der Waals surface area (Å²) >= 11 is 0. The molecule has 3 nitrogen and oxygen atoms in total. The number of benzene rings is 1. The second-order valence-corrected chi connectivity index (χ2v) is 5.47. The van der Waals surface area contributed by atoms with Crippen LogP contribution in [0.25, 0.3) is 0 Å². The first-order chi connectivity index (χ1) is 9.65. The van der Waals surface area contributed by atoms with Crippen LogP contribution in [0.5, 0.6) is 0 Å². The predicted octanol–water partition coefficient (Wildman–Crippen LogP) is 2.63. The molecule has 0 saturated carbocycles. The van der Waals surface area contributed by atoms with Gasteiger partial charge in [0.2, 0.25) is 0 Å². The normalized spacial score (nSPS) is 20.6. The Hall–Kier alpha value is -0.970. The molecule has 0 aromatic heterocycles. The molecule has 1 aromatic carbocycles. The van der Waals surface area contributed by atoms with Gasteiger partial charge < -0.3 is 10.5 Å². The lowest BCUT2D eigenvalue weighted by atomic mass is 9.99. The third-order valence-corrected chi connectivity index (χ3v) is 4.12. The van der Waals surface area contributed by atoms with Gasteiger partial charge in [-0.3, -0.25) is 4.90 Å². The topological polar surface area (TPSA) is 38.5 Å². The van der Waals surface area contributed by atoms with Crippen molar-refractivity contribution in [2.45, 2.75) is 38.8 Å². The van der Waals surface area contributed by atoms with E-state index in [2.05, 4.69) is 11.8 Å². The number of ether oxygens (including phenoxy) is 1. The Kier molecular flexibility index (Phi) is 5.52. The van der Waals surface area contributed by atoms with Crippen molar-refractivity contribution in [2.75, 3.05) is 26.2 Å². The first-order valence-electron chi connectivity index (χ1n) is 7.47. The van der Waals surface area contributed by atoms with Gasteiger partial charge in [-0.15, -0.1) is 0 Å². The Balaban J connectivity index is 2.15. The Bertz CT molecular complexity index is 432. The van der Waals surface area contributed by atoms with E-state index >= 15 is 0 Å². The van der Waals surface area contributed by atoms with Crippen LogP contribution in [-0.4, -0.2) is 37.2 Å². The molecule has 20 heavy (non-hydrogen) atoms. The van der Waals surface area contributed by atoms with Crippen molar-refractivity contribution in [1.29, 1.82) is 0 Å². The molecule has 1 aliphatic rings. The summed E-state index contributed by atoms with van der Waals surface area (Å²) in [6.07, 6.45) is 2.58. The van der Waals surface area contributed by atoms with Gasteiger partial charge in [0, 0.05) is 25.7 Å². The Morgan fingerprint density at radius 3 is 2.85 bits per heavy atom. The molecule has 1 aromatic rings. The molecular weight excluding hydrogens is 255 g/mol. The van der Waals surface area contributed by atoms with E-state index in [9.17, 15) is 4.39 Å². The van der Waals surface area contributed by atoms with Crippen LogP contribution in [0.1, 0.15) is 36.9 Å². The monoisotopic (exact) mass is 280 g/mol. The third kappa shape index (κ3) is 3.57. The maximum Gasteiger partial charge on any atom is 0.123 e. The highest BCUT2D eigenvalue weighted by Gasteiger charge is 2.24. The smallest absolute Gasteiger partial charge is 0.123 e. The number of likely N-dealkylation sites (N-methyl/N-ethyl adjacent to an activating group) is 1. The van der Waals surface area contributed by atoms with Crippen LogP contribution in [0.15, 0.2) is 18.2 Å². The molecule has 2 atom stereocenters. The van der Waals surface area contributed by atoms with Crippen molar-refractivity contribution < 1.29 is 9.13 Å². The highest BCUT2D eigenvalue weighted by molar-refractivity contribution is 5.30. The summed E-state index contributed by atoms with van der Waals surface area (Å²) in [5, 5.41) is 0. The van der Waals surface area contributed by atoms with Crippen LogP contribution >= 0.6 is 0 Å². The van der Waals surface area contributed by atoms with Crippen LogP contribution in [0, 0.1) is 12.7 Å². The Labute approximate surface area is 120 Å². The minimum Gasteiger partial charge on any atom is -0.377 e. The van der Waals surface area contributed by atoms with E-state index in [0.29, 0.717) is 12.6 Å². The number of nitrogens with zero attached hydrogens (tertiary/aromatic N) is 1. The number of rotatable bonds is 6. The van der Waals surface area contributed by atoms with Crippen molar-refractivity contribution in [3.8, 4) is 0 Å². The van der Waals surface area contributed by atoms with E-state index in [4.69, 9.17) is 10.5 Å². The van der Waals surface area contributed by atoms with Crippen LogP contribution in [0.3, 0.4) is 0 Å². The SMILES string of the molecule is CCN(CC1CCCO1)C(CN)c1ccc(F)cc1C. The van der Waals surface area contributed by atoms with Gasteiger partial charge in [-0.2, -0.15) is 0 Å².